The van der Waals surface area contributed by atoms with Gasteiger partial charge in [0, 0.05) is 49.7 Å². The Morgan fingerprint density at radius 3 is 2.75 bits per heavy atom. The molecule has 0 unspecified atom stereocenters. The first-order valence-electron chi connectivity index (χ1n) is 11.1. The van der Waals surface area contributed by atoms with Gasteiger partial charge >= 0.3 is 0 Å². The van der Waals surface area contributed by atoms with Gasteiger partial charge < -0.3 is 9.80 Å². The van der Waals surface area contributed by atoms with Crippen LogP contribution in [0.3, 0.4) is 0 Å². The van der Waals surface area contributed by atoms with Crippen molar-refractivity contribution in [2.75, 3.05) is 13.6 Å². The van der Waals surface area contributed by atoms with Gasteiger partial charge in [0.2, 0.25) is 5.91 Å². The molecular weight excluding hydrogens is 422 g/mol. The maximum absolute atomic E-state index is 13.3. The van der Waals surface area contributed by atoms with Crippen LogP contribution in [0.4, 0.5) is 0 Å². The van der Waals surface area contributed by atoms with Crippen molar-refractivity contribution in [1.29, 1.82) is 0 Å². The predicted octanol–water partition coefficient (Wildman–Crippen LogP) is 3.15. The summed E-state index contributed by atoms with van der Waals surface area (Å²) in [6.45, 7) is 2.42. The Bertz CT molecular complexity index is 1110. The largest absolute Gasteiger partial charge is 0.338 e. The van der Waals surface area contributed by atoms with Crippen LogP contribution in [0.1, 0.15) is 45.8 Å². The molecule has 0 spiro atoms. The molecule has 3 heterocycles. The van der Waals surface area contributed by atoms with Gasteiger partial charge in [-0.15, -0.1) is 11.3 Å². The first-order valence-corrected chi connectivity index (χ1v) is 12.1. The maximum Gasteiger partial charge on any atom is 0.274 e. The zero-order valence-electron chi connectivity index (χ0n) is 18.2. The van der Waals surface area contributed by atoms with Gasteiger partial charge in [-0.2, -0.15) is 5.10 Å². The van der Waals surface area contributed by atoms with Gasteiger partial charge in [-0.1, -0.05) is 30.3 Å². The van der Waals surface area contributed by atoms with Crippen molar-refractivity contribution in [3.63, 3.8) is 0 Å². The van der Waals surface area contributed by atoms with Crippen LogP contribution in [0.5, 0.6) is 0 Å². The molecule has 3 aromatic rings. The Kier molecular flexibility index (Phi) is 5.78. The average molecular weight is 450 g/mol. The van der Waals surface area contributed by atoms with Crippen LogP contribution in [0.15, 0.2) is 41.2 Å². The molecule has 2 aliphatic rings. The van der Waals surface area contributed by atoms with Gasteiger partial charge in [-0.25, -0.2) is 4.98 Å². The van der Waals surface area contributed by atoms with Crippen molar-refractivity contribution in [2.24, 2.45) is 5.92 Å². The Morgan fingerprint density at radius 1 is 1.22 bits per heavy atom. The van der Waals surface area contributed by atoms with E-state index in [1.54, 1.807) is 17.5 Å². The average Bonchev–Trinajstić information content (AvgIpc) is 3.34. The van der Waals surface area contributed by atoms with E-state index in [1.165, 1.54) is 24.2 Å². The number of hydrogen-bond acceptors (Lipinski definition) is 5. The fourth-order valence-corrected chi connectivity index (χ4v) is 4.81. The number of fused-ring (bicyclic) bond motifs is 1. The predicted molar refractivity (Wildman–Crippen MR) is 122 cm³/mol. The third-order valence-corrected chi connectivity index (χ3v) is 6.88. The fourth-order valence-electron chi connectivity index (χ4n) is 4.26. The number of rotatable bonds is 7. The summed E-state index contributed by atoms with van der Waals surface area (Å²) in [4.78, 5) is 34.2. The molecule has 8 heteroatoms. The summed E-state index contributed by atoms with van der Waals surface area (Å²) in [5, 5.41) is 6.72. The second-order valence-corrected chi connectivity index (χ2v) is 9.49. The van der Waals surface area contributed by atoms with E-state index in [4.69, 9.17) is 5.10 Å². The smallest absolute Gasteiger partial charge is 0.274 e. The highest BCUT2D eigenvalue weighted by molar-refractivity contribution is 7.07. The van der Waals surface area contributed by atoms with Crippen LogP contribution in [0.25, 0.3) is 0 Å². The molecule has 0 radical (unpaired) electrons. The second-order valence-electron chi connectivity index (χ2n) is 8.77. The Balaban J connectivity index is 1.38. The molecule has 1 aliphatic heterocycles. The SMILES string of the molecule is CN(Cc1cscn1)C(=O)c1nn(CC2CC2)c2c1CN(C(=O)Cc1ccccc1)CC2. The highest BCUT2D eigenvalue weighted by Crippen LogP contribution is 2.33. The lowest BCUT2D eigenvalue weighted by Gasteiger charge is -2.28. The highest BCUT2D eigenvalue weighted by Gasteiger charge is 2.33. The van der Waals surface area contributed by atoms with Crippen LogP contribution < -0.4 is 0 Å². The zero-order chi connectivity index (χ0) is 22.1. The van der Waals surface area contributed by atoms with Gasteiger partial charge in [0.25, 0.3) is 5.91 Å². The molecule has 5 rings (SSSR count). The lowest BCUT2D eigenvalue weighted by atomic mass is 10.0. The van der Waals surface area contributed by atoms with E-state index in [0.29, 0.717) is 37.7 Å². The van der Waals surface area contributed by atoms with E-state index < -0.39 is 0 Å². The molecule has 0 bridgehead atoms. The molecule has 1 aromatic carbocycles. The number of nitrogens with zero attached hydrogens (tertiary/aromatic N) is 5. The molecule has 1 aliphatic carbocycles. The minimum Gasteiger partial charge on any atom is -0.338 e. The first-order chi connectivity index (χ1) is 15.6. The topological polar surface area (TPSA) is 71.3 Å². The number of aromatic nitrogens is 3. The van der Waals surface area contributed by atoms with Gasteiger partial charge in [-0.3, -0.25) is 14.3 Å². The molecule has 166 valence electrons. The van der Waals surface area contributed by atoms with Crippen LogP contribution in [-0.4, -0.2) is 50.0 Å². The molecule has 7 nitrogen and oxygen atoms in total. The number of amides is 2. The van der Waals surface area contributed by atoms with Crippen LogP contribution >= 0.6 is 11.3 Å². The van der Waals surface area contributed by atoms with Gasteiger partial charge in [0.15, 0.2) is 5.69 Å². The van der Waals surface area contributed by atoms with Crippen LogP contribution in [-0.2, 0) is 37.3 Å². The molecule has 1 saturated carbocycles. The van der Waals surface area contributed by atoms with Crippen LogP contribution in [0.2, 0.25) is 0 Å². The molecular formula is C24H27N5O2S. The molecule has 2 aromatic heterocycles. The van der Waals surface area contributed by atoms with E-state index in [1.807, 2.05) is 45.3 Å². The Hall–Kier alpha value is -3.00. The van der Waals surface area contributed by atoms with E-state index in [9.17, 15) is 9.59 Å². The molecule has 2 amide bonds. The highest BCUT2D eigenvalue weighted by atomic mass is 32.1. The minimum atomic E-state index is -0.110. The molecule has 0 atom stereocenters. The van der Waals surface area contributed by atoms with Crippen molar-refractivity contribution in [3.05, 3.63) is 69.4 Å². The molecule has 0 N–H and O–H groups in total. The minimum absolute atomic E-state index is 0.0889. The summed E-state index contributed by atoms with van der Waals surface area (Å²) in [5.41, 5.74) is 6.16. The van der Waals surface area contributed by atoms with Crippen molar-refractivity contribution in [1.82, 2.24) is 24.6 Å². The van der Waals surface area contributed by atoms with Gasteiger partial charge in [-0.05, 0) is 24.3 Å². The normalized spacial score (nSPS) is 15.5. The number of benzene rings is 1. The van der Waals surface area contributed by atoms with E-state index >= 15 is 0 Å². The summed E-state index contributed by atoms with van der Waals surface area (Å²) in [6, 6.07) is 9.81. The lowest BCUT2D eigenvalue weighted by molar-refractivity contribution is -0.131. The third-order valence-electron chi connectivity index (χ3n) is 6.24. The van der Waals surface area contributed by atoms with E-state index in [0.717, 1.165) is 35.5 Å². The van der Waals surface area contributed by atoms with Crippen molar-refractivity contribution in [2.45, 2.75) is 45.3 Å². The number of thiazole rings is 1. The number of carbonyl (C=O) groups excluding carboxylic acids is 2. The second kappa shape index (κ2) is 8.86. The summed E-state index contributed by atoms with van der Waals surface area (Å²) in [7, 11) is 1.79. The Labute approximate surface area is 191 Å². The molecule has 0 saturated heterocycles. The summed E-state index contributed by atoms with van der Waals surface area (Å²) < 4.78 is 2.04. The summed E-state index contributed by atoms with van der Waals surface area (Å²) in [6.07, 6.45) is 3.56. The summed E-state index contributed by atoms with van der Waals surface area (Å²) >= 11 is 1.52. The third kappa shape index (κ3) is 4.46. The number of hydrogen-bond donors (Lipinski definition) is 0. The lowest BCUT2D eigenvalue weighted by Crippen LogP contribution is -2.38. The maximum atomic E-state index is 13.3. The van der Waals surface area contributed by atoms with E-state index in [2.05, 4.69) is 4.98 Å². The first kappa shape index (κ1) is 20.9. The molecule has 32 heavy (non-hydrogen) atoms. The van der Waals surface area contributed by atoms with Crippen molar-refractivity contribution >= 4 is 23.2 Å². The summed E-state index contributed by atoms with van der Waals surface area (Å²) in [5.74, 6) is 0.639. The standard InChI is InChI=1S/C24H27N5O2S/c1-27(13-19-15-32-16-25-19)24(31)23-20-14-28(22(30)11-17-5-3-2-4-6-17)10-9-21(20)29(26-23)12-18-7-8-18/h2-6,15-16,18H,7-14H2,1H3. The van der Waals surface area contributed by atoms with Crippen molar-refractivity contribution < 1.29 is 9.59 Å². The molecule has 1 fully saturated rings. The van der Waals surface area contributed by atoms with Crippen molar-refractivity contribution in [3.8, 4) is 0 Å². The fraction of sp³-hybridized carbons (Fsp3) is 0.417. The van der Waals surface area contributed by atoms with Gasteiger partial charge in [0.1, 0.15) is 0 Å². The van der Waals surface area contributed by atoms with E-state index in [-0.39, 0.29) is 11.8 Å². The zero-order valence-corrected chi connectivity index (χ0v) is 19.1. The van der Waals surface area contributed by atoms with Gasteiger partial charge in [0.05, 0.1) is 24.2 Å². The number of carbonyl (C=O) groups is 2. The van der Waals surface area contributed by atoms with Crippen LogP contribution in [0, 0.1) is 5.92 Å². The monoisotopic (exact) mass is 449 g/mol. The quantitative estimate of drug-likeness (QED) is 0.556. The Morgan fingerprint density at radius 2 is 2.03 bits per heavy atom.